The Hall–Kier alpha value is -2.62. The molecule has 0 aliphatic rings. The molecule has 2 rings (SSSR count). The molecule has 0 saturated carbocycles. The highest BCUT2D eigenvalue weighted by atomic mass is 16.4. The summed E-state index contributed by atoms with van der Waals surface area (Å²) in [5.74, 6) is -0.980. The van der Waals surface area contributed by atoms with Crippen LogP contribution in [0, 0.1) is 0 Å². The molecule has 0 aliphatic carbocycles. The molecule has 0 saturated heterocycles. The molecule has 0 aliphatic heterocycles. The Morgan fingerprint density at radius 3 is 2.17 bits per heavy atom. The molecule has 0 bridgehead atoms. The van der Waals surface area contributed by atoms with Gasteiger partial charge in [0.05, 0.1) is 5.56 Å². The maximum Gasteiger partial charge on any atom is 0.335 e. The highest BCUT2D eigenvalue weighted by Gasteiger charge is 2.23. The lowest BCUT2D eigenvalue weighted by Gasteiger charge is -2.24. The van der Waals surface area contributed by atoms with Gasteiger partial charge >= 0.3 is 5.97 Å². The monoisotopic (exact) mass is 311 g/mol. The average Bonchev–Trinajstić information content (AvgIpc) is 2.54. The second-order valence-corrected chi connectivity index (χ2v) is 6.21. The third-order valence-electron chi connectivity index (χ3n) is 3.85. The number of benzene rings is 2. The molecular formula is C19H21NO3. The molecule has 0 unspecified atom stereocenters. The average molecular weight is 311 g/mol. The Morgan fingerprint density at radius 1 is 1.00 bits per heavy atom. The zero-order chi connectivity index (χ0) is 16.9. The predicted molar refractivity (Wildman–Crippen MR) is 89.3 cm³/mol. The van der Waals surface area contributed by atoms with E-state index >= 15 is 0 Å². The number of carboxylic acid groups (broad SMARTS) is 1. The van der Waals surface area contributed by atoms with Crippen LogP contribution >= 0.6 is 0 Å². The number of rotatable bonds is 6. The van der Waals surface area contributed by atoms with Crippen molar-refractivity contribution in [3.8, 4) is 0 Å². The first-order chi connectivity index (χ1) is 10.9. The molecule has 2 N–H and O–H groups in total. The molecule has 1 amide bonds. The van der Waals surface area contributed by atoms with Gasteiger partial charge in [-0.15, -0.1) is 0 Å². The molecule has 4 nitrogen and oxygen atoms in total. The van der Waals surface area contributed by atoms with E-state index in [1.54, 1.807) is 12.1 Å². The molecule has 120 valence electrons. The zero-order valence-electron chi connectivity index (χ0n) is 13.4. The fourth-order valence-corrected chi connectivity index (χ4v) is 2.42. The van der Waals surface area contributed by atoms with Gasteiger partial charge in [0.15, 0.2) is 0 Å². The SMILES string of the molecule is CC(C)(CC(=O)NCc1ccc(C(=O)O)cc1)c1ccccc1. The maximum atomic E-state index is 12.2. The second-order valence-electron chi connectivity index (χ2n) is 6.21. The van der Waals surface area contributed by atoms with Crippen molar-refractivity contribution in [3.05, 3.63) is 71.3 Å². The van der Waals surface area contributed by atoms with Gasteiger partial charge in [-0.3, -0.25) is 4.79 Å². The molecule has 0 spiro atoms. The van der Waals surface area contributed by atoms with Crippen molar-refractivity contribution in [3.63, 3.8) is 0 Å². The second kappa shape index (κ2) is 7.09. The van der Waals surface area contributed by atoms with Crippen LogP contribution in [-0.4, -0.2) is 17.0 Å². The third kappa shape index (κ3) is 4.68. The van der Waals surface area contributed by atoms with E-state index in [0.717, 1.165) is 11.1 Å². The number of hydrogen-bond acceptors (Lipinski definition) is 2. The van der Waals surface area contributed by atoms with E-state index in [-0.39, 0.29) is 16.9 Å². The van der Waals surface area contributed by atoms with Gasteiger partial charge in [0.1, 0.15) is 0 Å². The minimum absolute atomic E-state index is 0.0267. The molecule has 23 heavy (non-hydrogen) atoms. The summed E-state index contributed by atoms with van der Waals surface area (Å²) in [4.78, 5) is 23.0. The number of nitrogens with one attached hydrogen (secondary N) is 1. The van der Waals surface area contributed by atoms with Crippen molar-refractivity contribution >= 4 is 11.9 Å². The topological polar surface area (TPSA) is 66.4 Å². The largest absolute Gasteiger partial charge is 0.478 e. The van der Waals surface area contributed by atoms with Gasteiger partial charge in [-0.1, -0.05) is 56.3 Å². The van der Waals surface area contributed by atoms with E-state index in [9.17, 15) is 9.59 Å². The molecule has 0 heterocycles. The van der Waals surface area contributed by atoms with Crippen LogP contribution in [0.3, 0.4) is 0 Å². The summed E-state index contributed by atoms with van der Waals surface area (Å²) in [5.41, 5.74) is 2.01. The lowest BCUT2D eigenvalue weighted by Crippen LogP contribution is -2.30. The van der Waals surface area contributed by atoms with Gasteiger partial charge in [0.25, 0.3) is 0 Å². The number of carbonyl (C=O) groups is 2. The van der Waals surface area contributed by atoms with Crippen molar-refractivity contribution in [2.75, 3.05) is 0 Å². The maximum absolute atomic E-state index is 12.2. The van der Waals surface area contributed by atoms with Gasteiger partial charge in [0, 0.05) is 13.0 Å². The Balaban J connectivity index is 1.91. The van der Waals surface area contributed by atoms with E-state index in [1.807, 2.05) is 44.2 Å². The van der Waals surface area contributed by atoms with E-state index in [4.69, 9.17) is 5.11 Å². The molecule has 0 aromatic heterocycles. The lowest BCUT2D eigenvalue weighted by molar-refractivity contribution is -0.122. The van der Waals surface area contributed by atoms with Crippen LogP contribution in [0.4, 0.5) is 0 Å². The van der Waals surface area contributed by atoms with Crippen LogP contribution in [-0.2, 0) is 16.8 Å². The van der Waals surface area contributed by atoms with Crippen LogP contribution in [0.15, 0.2) is 54.6 Å². The first kappa shape index (κ1) is 16.7. The summed E-state index contributed by atoms with van der Waals surface area (Å²) < 4.78 is 0. The minimum atomic E-state index is -0.954. The van der Waals surface area contributed by atoms with Crippen LogP contribution in [0.2, 0.25) is 0 Å². The molecule has 2 aromatic carbocycles. The lowest BCUT2D eigenvalue weighted by atomic mass is 9.81. The van der Waals surface area contributed by atoms with Gasteiger partial charge in [-0.25, -0.2) is 4.79 Å². The van der Waals surface area contributed by atoms with Gasteiger partial charge in [-0.05, 0) is 28.7 Å². The summed E-state index contributed by atoms with van der Waals surface area (Å²) in [5, 5.41) is 11.7. The van der Waals surface area contributed by atoms with Crippen molar-refractivity contribution in [1.82, 2.24) is 5.32 Å². The smallest absolute Gasteiger partial charge is 0.335 e. The van der Waals surface area contributed by atoms with Crippen LogP contribution < -0.4 is 5.32 Å². The number of carbonyl (C=O) groups excluding carboxylic acids is 1. The van der Waals surface area contributed by atoms with Crippen LogP contribution in [0.5, 0.6) is 0 Å². The molecule has 0 atom stereocenters. The first-order valence-corrected chi connectivity index (χ1v) is 7.53. The summed E-state index contributed by atoms with van der Waals surface area (Å²) in [6.45, 7) is 4.48. The Morgan fingerprint density at radius 2 is 1.61 bits per heavy atom. The fraction of sp³-hybridized carbons (Fsp3) is 0.263. The van der Waals surface area contributed by atoms with E-state index < -0.39 is 5.97 Å². The Kier molecular flexibility index (Phi) is 5.16. The summed E-state index contributed by atoms with van der Waals surface area (Å²) in [6, 6.07) is 16.5. The fourth-order valence-electron chi connectivity index (χ4n) is 2.42. The number of hydrogen-bond donors (Lipinski definition) is 2. The normalized spacial score (nSPS) is 11.0. The number of carboxylic acids is 1. The highest BCUT2D eigenvalue weighted by molar-refractivity contribution is 5.87. The van der Waals surface area contributed by atoms with E-state index in [1.165, 1.54) is 12.1 Å². The Bertz CT molecular complexity index is 676. The zero-order valence-corrected chi connectivity index (χ0v) is 13.4. The molecule has 0 radical (unpaired) electrons. The highest BCUT2D eigenvalue weighted by Crippen LogP contribution is 2.26. The quantitative estimate of drug-likeness (QED) is 0.859. The van der Waals surface area contributed by atoms with Crippen LogP contribution in [0.1, 0.15) is 41.8 Å². The summed E-state index contributed by atoms with van der Waals surface area (Å²) in [6.07, 6.45) is 0.393. The van der Waals surface area contributed by atoms with E-state index in [0.29, 0.717) is 13.0 Å². The van der Waals surface area contributed by atoms with Crippen molar-refractivity contribution < 1.29 is 14.7 Å². The van der Waals surface area contributed by atoms with Crippen molar-refractivity contribution in [2.45, 2.75) is 32.2 Å². The Labute approximate surface area is 136 Å². The predicted octanol–water partition coefficient (Wildman–Crippen LogP) is 3.37. The standard InChI is InChI=1S/C19H21NO3/c1-19(2,16-6-4-3-5-7-16)12-17(21)20-13-14-8-10-15(11-9-14)18(22)23/h3-11H,12-13H2,1-2H3,(H,20,21)(H,22,23). The first-order valence-electron chi connectivity index (χ1n) is 7.53. The van der Waals surface area contributed by atoms with Crippen molar-refractivity contribution in [1.29, 1.82) is 0 Å². The van der Waals surface area contributed by atoms with Crippen molar-refractivity contribution in [2.24, 2.45) is 0 Å². The summed E-state index contributed by atoms with van der Waals surface area (Å²) in [7, 11) is 0. The number of aromatic carboxylic acids is 1. The molecule has 4 heteroatoms. The minimum Gasteiger partial charge on any atom is -0.478 e. The molecule has 0 fully saturated rings. The molecule has 2 aromatic rings. The van der Waals surface area contributed by atoms with Gasteiger partial charge in [0.2, 0.25) is 5.91 Å². The van der Waals surface area contributed by atoms with Gasteiger partial charge in [-0.2, -0.15) is 0 Å². The van der Waals surface area contributed by atoms with Crippen LogP contribution in [0.25, 0.3) is 0 Å². The molecular weight excluding hydrogens is 290 g/mol. The van der Waals surface area contributed by atoms with Gasteiger partial charge < -0.3 is 10.4 Å². The van der Waals surface area contributed by atoms with E-state index in [2.05, 4.69) is 5.32 Å². The number of amides is 1. The third-order valence-corrected chi connectivity index (χ3v) is 3.85. The summed E-state index contributed by atoms with van der Waals surface area (Å²) >= 11 is 0.